The maximum absolute atomic E-state index is 10.5. The van der Waals surface area contributed by atoms with Gasteiger partial charge >= 0.3 is 0 Å². The van der Waals surface area contributed by atoms with Gasteiger partial charge in [0.25, 0.3) is 0 Å². The highest BCUT2D eigenvalue weighted by Crippen LogP contribution is 2.03. The molecule has 21 heavy (non-hydrogen) atoms. The number of anilines is 2. The highest BCUT2D eigenvalue weighted by molar-refractivity contribution is 5.88. The number of hydrogen-bond donors (Lipinski definition) is 2. The lowest BCUT2D eigenvalue weighted by Crippen LogP contribution is -2.04. The topological polar surface area (TPSA) is 55.1 Å². The molecular weight excluding hydrogens is 260 g/mol. The zero-order valence-corrected chi connectivity index (χ0v) is 13.8. The van der Waals surface area contributed by atoms with Crippen molar-refractivity contribution in [2.45, 2.75) is 34.6 Å². The predicted molar refractivity (Wildman–Crippen MR) is 94.3 cm³/mol. The molecule has 0 aliphatic rings. The number of hydrogen-bond acceptors (Lipinski definition) is 2. The van der Waals surface area contributed by atoms with Gasteiger partial charge in [-0.3, -0.25) is 4.79 Å². The van der Waals surface area contributed by atoms with E-state index in [2.05, 4.69) is 5.32 Å². The van der Waals surface area contributed by atoms with Crippen LogP contribution in [0.25, 0.3) is 0 Å². The highest BCUT2D eigenvalue weighted by atomic mass is 16.1. The van der Waals surface area contributed by atoms with Crippen LogP contribution in [-0.2, 0) is 4.79 Å². The molecule has 1 amide bonds. The van der Waals surface area contributed by atoms with E-state index in [4.69, 9.17) is 5.73 Å². The van der Waals surface area contributed by atoms with Gasteiger partial charge in [0.2, 0.25) is 5.91 Å². The molecule has 0 aliphatic carbocycles. The highest BCUT2D eigenvalue weighted by Gasteiger charge is 1.90. The molecule has 0 spiro atoms. The average molecular weight is 288 g/mol. The van der Waals surface area contributed by atoms with Crippen LogP contribution in [0.4, 0.5) is 11.4 Å². The fraction of sp³-hybridized carbons (Fsp3) is 0.278. The van der Waals surface area contributed by atoms with Crippen molar-refractivity contribution in [2.75, 3.05) is 11.1 Å². The normalized spacial score (nSPS) is 7.67. The van der Waals surface area contributed by atoms with Crippen LogP contribution >= 0.6 is 0 Å². The molecule has 0 saturated heterocycles. The van der Waals surface area contributed by atoms with Crippen molar-refractivity contribution in [3.05, 3.63) is 60.7 Å². The third-order valence-corrected chi connectivity index (χ3v) is 1.89. The van der Waals surface area contributed by atoms with Crippen molar-refractivity contribution in [1.82, 2.24) is 0 Å². The number of para-hydroxylation sites is 2. The summed E-state index contributed by atoms with van der Waals surface area (Å²) in [6, 6.07) is 18.9. The quantitative estimate of drug-likeness (QED) is 0.728. The first kappa shape index (κ1) is 21.0. The van der Waals surface area contributed by atoms with Gasteiger partial charge in [-0.2, -0.15) is 0 Å². The molecule has 0 heterocycles. The van der Waals surface area contributed by atoms with Crippen molar-refractivity contribution in [1.29, 1.82) is 0 Å². The fourth-order valence-electron chi connectivity index (χ4n) is 1.18. The van der Waals surface area contributed by atoms with Gasteiger partial charge in [-0.15, -0.1) is 0 Å². The minimum Gasteiger partial charge on any atom is -0.399 e. The lowest BCUT2D eigenvalue weighted by atomic mass is 10.3. The Labute approximate surface area is 129 Å². The van der Waals surface area contributed by atoms with Gasteiger partial charge < -0.3 is 11.1 Å². The molecule has 0 unspecified atom stereocenters. The molecule has 2 rings (SSSR count). The van der Waals surface area contributed by atoms with Crippen LogP contribution in [0.5, 0.6) is 0 Å². The Morgan fingerprint density at radius 3 is 1.48 bits per heavy atom. The molecule has 3 nitrogen and oxygen atoms in total. The summed E-state index contributed by atoms with van der Waals surface area (Å²) in [7, 11) is 0. The Bertz CT molecular complexity index is 441. The lowest BCUT2D eigenvalue weighted by molar-refractivity contribution is -0.114. The second-order valence-electron chi connectivity index (χ2n) is 3.46. The third kappa shape index (κ3) is 13.9. The van der Waals surface area contributed by atoms with Gasteiger partial charge in [0, 0.05) is 18.3 Å². The number of carbonyl (C=O) groups is 1. The molecule has 0 radical (unpaired) electrons. The molecule has 0 aromatic heterocycles. The van der Waals surface area contributed by atoms with E-state index in [-0.39, 0.29) is 5.91 Å². The summed E-state index contributed by atoms with van der Waals surface area (Å²) in [5.74, 6) is -0.0359. The van der Waals surface area contributed by atoms with Crippen molar-refractivity contribution >= 4 is 17.3 Å². The molecule has 2 aromatic carbocycles. The first-order chi connectivity index (χ1) is 10.2. The minimum atomic E-state index is -0.0359. The first-order valence-corrected chi connectivity index (χ1v) is 7.31. The maximum Gasteiger partial charge on any atom is 0.221 e. The number of amides is 1. The second kappa shape index (κ2) is 15.8. The van der Waals surface area contributed by atoms with Gasteiger partial charge in [-0.25, -0.2) is 0 Å². The van der Waals surface area contributed by atoms with Crippen molar-refractivity contribution < 1.29 is 4.79 Å². The van der Waals surface area contributed by atoms with E-state index < -0.39 is 0 Å². The van der Waals surface area contributed by atoms with Crippen molar-refractivity contribution in [3.8, 4) is 0 Å². The Balaban J connectivity index is 0. The van der Waals surface area contributed by atoms with Gasteiger partial charge in [0.1, 0.15) is 0 Å². The van der Waals surface area contributed by atoms with E-state index in [1.807, 2.05) is 88.4 Å². The van der Waals surface area contributed by atoms with E-state index in [1.165, 1.54) is 6.92 Å². The van der Waals surface area contributed by atoms with Crippen LogP contribution in [0.15, 0.2) is 60.7 Å². The Hall–Kier alpha value is -2.29. The van der Waals surface area contributed by atoms with E-state index >= 15 is 0 Å². The number of rotatable bonds is 1. The average Bonchev–Trinajstić information content (AvgIpc) is 2.53. The van der Waals surface area contributed by atoms with Crippen LogP contribution in [-0.4, -0.2) is 5.91 Å². The monoisotopic (exact) mass is 288 g/mol. The van der Waals surface area contributed by atoms with Crippen molar-refractivity contribution in [2.24, 2.45) is 0 Å². The van der Waals surface area contributed by atoms with E-state index in [0.717, 1.165) is 11.4 Å². The zero-order valence-electron chi connectivity index (χ0n) is 13.8. The standard InChI is InChI=1S/C8H9NO.C6H7N.2C2H6/c1-7(10)9-8-5-3-2-4-6-8;7-6-4-2-1-3-5-6;2*1-2/h2-6H,1H3,(H,9,10);1-5H,7H2;2*1-2H3. The number of benzene rings is 2. The molecular formula is C18H28N2O. The van der Waals surface area contributed by atoms with E-state index in [0.29, 0.717) is 0 Å². The zero-order chi connectivity index (χ0) is 16.5. The number of nitrogens with one attached hydrogen (secondary N) is 1. The van der Waals surface area contributed by atoms with Crippen LogP contribution in [0.2, 0.25) is 0 Å². The molecule has 0 fully saturated rings. The second-order valence-corrected chi connectivity index (χ2v) is 3.46. The summed E-state index contributed by atoms with van der Waals surface area (Å²) in [5, 5.41) is 2.67. The summed E-state index contributed by atoms with van der Waals surface area (Å²) in [5.41, 5.74) is 7.02. The number of carbonyl (C=O) groups excluding carboxylic acids is 1. The maximum atomic E-state index is 10.5. The summed E-state index contributed by atoms with van der Waals surface area (Å²) in [6.07, 6.45) is 0. The molecule has 3 heteroatoms. The Kier molecular flexibility index (Phi) is 15.8. The number of nitrogen functional groups attached to an aromatic ring is 1. The van der Waals surface area contributed by atoms with E-state index in [1.54, 1.807) is 0 Å². The fourth-order valence-corrected chi connectivity index (χ4v) is 1.18. The molecule has 0 bridgehead atoms. The Morgan fingerprint density at radius 2 is 1.19 bits per heavy atom. The van der Waals surface area contributed by atoms with Crippen LogP contribution in [0.1, 0.15) is 34.6 Å². The molecule has 0 saturated carbocycles. The van der Waals surface area contributed by atoms with Gasteiger partial charge in [0.05, 0.1) is 0 Å². The third-order valence-electron chi connectivity index (χ3n) is 1.89. The SMILES string of the molecule is CC.CC.CC(=O)Nc1ccccc1.Nc1ccccc1. The van der Waals surface area contributed by atoms with Crippen LogP contribution in [0.3, 0.4) is 0 Å². The number of nitrogens with two attached hydrogens (primary N) is 1. The smallest absolute Gasteiger partial charge is 0.221 e. The first-order valence-electron chi connectivity index (χ1n) is 7.31. The molecule has 3 N–H and O–H groups in total. The summed E-state index contributed by atoms with van der Waals surface area (Å²) in [6.45, 7) is 9.49. The molecule has 2 aromatic rings. The van der Waals surface area contributed by atoms with Gasteiger partial charge in [-0.1, -0.05) is 64.1 Å². The molecule has 0 aliphatic heterocycles. The van der Waals surface area contributed by atoms with Crippen molar-refractivity contribution in [3.63, 3.8) is 0 Å². The Morgan fingerprint density at radius 1 is 0.810 bits per heavy atom. The molecule has 116 valence electrons. The summed E-state index contributed by atoms with van der Waals surface area (Å²) >= 11 is 0. The largest absolute Gasteiger partial charge is 0.399 e. The van der Waals surface area contributed by atoms with Crippen LogP contribution < -0.4 is 11.1 Å². The summed E-state index contributed by atoms with van der Waals surface area (Å²) < 4.78 is 0. The predicted octanol–water partition coefficient (Wildman–Crippen LogP) is 4.97. The minimum absolute atomic E-state index is 0.0359. The summed E-state index contributed by atoms with van der Waals surface area (Å²) in [4.78, 5) is 10.5. The van der Waals surface area contributed by atoms with Gasteiger partial charge in [-0.05, 0) is 24.3 Å². The van der Waals surface area contributed by atoms with Gasteiger partial charge in [0.15, 0.2) is 0 Å². The molecule has 0 atom stereocenters. The lowest BCUT2D eigenvalue weighted by Gasteiger charge is -1.98. The van der Waals surface area contributed by atoms with Crippen LogP contribution in [0, 0.1) is 0 Å². The van der Waals surface area contributed by atoms with E-state index in [9.17, 15) is 4.79 Å².